The first-order chi connectivity index (χ1) is 12.7. The largest absolute Gasteiger partial charge is 0.349 e. The minimum absolute atomic E-state index is 0.0466. The molecule has 1 amide bonds. The van der Waals surface area contributed by atoms with Crippen molar-refractivity contribution in [2.75, 3.05) is 26.2 Å². The molecule has 3 heterocycles. The SMILES string of the molecule is O=C(NCCN1CCCC1)c1cc2ccsc2n1Cc1ccc(F)cc1. The lowest BCUT2D eigenvalue weighted by Crippen LogP contribution is -2.34. The Kier molecular flexibility index (Phi) is 5.04. The Bertz CT molecular complexity index is 894. The first-order valence-corrected chi connectivity index (χ1v) is 9.90. The van der Waals surface area contributed by atoms with Gasteiger partial charge in [0.2, 0.25) is 0 Å². The molecule has 4 rings (SSSR count). The Morgan fingerprint density at radius 3 is 2.69 bits per heavy atom. The van der Waals surface area contributed by atoms with E-state index in [-0.39, 0.29) is 11.7 Å². The van der Waals surface area contributed by atoms with Gasteiger partial charge in [0.05, 0.1) is 0 Å². The fourth-order valence-corrected chi connectivity index (χ4v) is 4.41. The van der Waals surface area contributed by atoms with Gasteiger partial charge in [0.1, 0.15) is 16.3 Å². The number of amides is 1. The van der Waals surface area contributed by atoms with Crippen LogP contribution in [-0.4, -0.2) is 41.6 Å². The minimum Gasteiger partial charge on any atom is -0.349 e. The van der Waals surface area contributed by atoms with Gasteiger partial charge in [-0.1, -0.05) is 12.1 Å². The highest BCUT2D eigenvalue weighted by Gasteiger charge is 2.17. The van der Waals surface area contributed by atoms with Gasteiger partial charge in [-0.2, -0.15) is 0 Å². The molecule has 2 aromatic heterocycles. The van der Waals surface area contributed by atoms with Gasteiger partial charge in [-0.3, -0.25) is 4.79 Å². The van der Waals surface area contributed by atoms with Crippen LogP contribution in [0.1, 0.15) is 28.9 Å². The van der Waals surface area contributed by atoms with Crippen molar-refractivity contribution in [3.8, 4) is 0 Å². The maximum atomic E-state index is 13.2. The molecule has 1 N–H and O–H groups in total. The van der Waals surface area contributed by atoms with Gasteiger partial charge in [0, 0.05) is 25.0 Å². The van der Waals surface area contributed by atoms with Crippen LogP contribution < -0.4 is 5.32 Å². The molecule has 1 fully saturated rings. The molecule has 0 atom stereocenters. The zero-order valence-electron chi connectivity index (χ0n) is 14.6. The molecule has 6 heteroatoms. The van der Waals surface area contributed by atoms with E-state index in [1.807, 2.05) is 22.1 Å². The van der Waals surface area contributed by atoms with Crippen molar-refractivity contribution in [2.24, 2.45) is 0 Å². The normalized spacial score (nSPS) is 15.0. The van der Waals surface area contributed by atoms with E-state index in [4.69, 9.17) is 0 Å². The summed E-state index contributed by atoms with van der Waals surface area (Å²) in [6.07, 6.45) is 2.51. The van der Waals surface area contributed by atoms with Crippen molar-refractivity contribution in [1.82, 2.24) is 14.8 Å². The lowest BCUT2D eigenvalue weighted by Gasteiger charge is -2.15. The molecule has 0 radical (unpaired) electrons. The van der Waals surface area contributed by atoms with Gasteiger partial charge in [-0.25, -0.2) is 4.39 Å². The smallest absolute Gasteiger partial charge is 0.268 e. The maximum absolute atomic E-state index is 13.2. The number of carbonyl (C=O) groups is 1. The second-order valence-corrected chi connectivity index (χ2v) is 7.62. The van der Waals surface area contributed by atoms with E-state index < -0.39 is 0 Å². The molecule has 4 nitrogen and oxygen atoms in total. The number of benzene rings is 1. The molecule has 0 bridgehead atoms. The summed E-state index contributed by atoms with van der Waals surface area (Å²) in [4.78, 5) is 16.2. The van der Waals surface area contributed by atoms with Crippen molar-refractivity contribution in [1.29, 1.82) is 0 Å². The van der Waals surface area contributed by atoms with E-state index in [0.717, 1.165) is 35.4 Å². The molecule has 1 aliphatic rings. The van der Waals surface area contributed by atoms with Crippen LogP contribution in [0, 0.1) is 5.82 Å². The summed E-state index contributed by atoms with van der Waals surface area (Å²) >= 11 is 1.62. The van der Waals surface area contributed by atoms with Gasteiger partial charge in [-0.15, -0.1) is 11.3 Å². The second kappa shape index (κ2) is 7.60. The Morgan fingerprint density at radius 2 is 1.92 bits per heavy atom. The molecule has 136 valence electrons. The number of thiophene rings is 1. The number of carbonyl (C=O) groups excluding carboxylic acids is 1. The zero-order chi connectivity index (χ0) is 17.9. The number of likely N-dealkylation sites (tertiary alicyclic amines) is 1. The standard InChI is InChI=1S/C20H22FN3OS/c21-17-5-3-15(4-6-17)14-24-18(13-16-7-12-26-20(16)24)19(25)22-8-11-23-9-1-2-10-23/h3-7,12-13H,1-2,8-11,14H2,(H,22,25). The van der Waals surface area contributed by atoms with Crippen LogP contribution in [0.4, 0.5) is 4.39 Å². The Morgan fingerprint density at radius 1 is 1.15 bits per heavy atom. The number of rotatable bonds is 6. The molecule has 0 unspecified atom stereocenters. The van der Waals surface area contributed by atoms with E-state index in [1.165, 1.54) is 25.0 Å². The fourth-order valence-electron chi connectivity index (χ4n) is 3.52. The summed E-state index contributed by atoms with van der Waals surface area (Å²) in [5, 5.41) is 6.15. The van der Waals surface area contributed by atoms with Crippen LogP contribution in [0.3, 0.4) is 0 Å². The van der Waals surface area contributed by atoms with E-state index in [1.54, 1.807) is 23.5 Å². The molecule has 0 spiro atoms. The third-order valence-electron chi connectivity index (χ3n) is 4.90. The van der Waals surface area contributed by atoms with Crippen LogP contribution in [0.2, 0.25) is 0 Å². The van der Waals surface area contributed by atoms with Gasteiger partial charge in [0.25, 0.3) is 5.91 Å². The lowest BCUT2D eigenvalue weighted by atomic mass is 10.2. The predicted molar refractivity (Wildman–Crippen MR) is 103 cm³/mol. The summed E-state index contributed by atoms with van der Waals surface area (Å²) in [7, 11) is 0. The Balaban J connectivity index is 1.51. The molecule has 0 saturated carbocycles. The number of hydrogen-bond acceptors (Lipinski definition) is 3. The predicted octanol–water partition coefficient (Wildman–Crippen LogP) is 3.72. The maximum Gasteiger partial charge on any atom is 0.268 e. The van der Waals surface area contributed by atoms with Crippen molar-refractivity contribution in [3.05, 3.63) is 58.9 Å². The van der Waals surface area contributed by atoms with E-state index in [0.29, 0.717) is 18.8 Å². The average Bonchev–Trinajstić information content (AvgIpc) is 3.35. The summed E-state index contributed by atoms with van der Waals surface area (Å²) in [6, 6.07) is 10.4. The third-order valence-corrected chi connectivity index (χ3v) is 5.85. The first kappa shape index (κ1) is 17.2. The molecule has 0 aliphatic carbocycles. The summed E-state index contributed by atoms with van der Waals surface area (Å²) in [5.41, 5.74) is 1.64. The highest BCUT2D eigenvalue weighted by atomic mass is 32.1. The van der Waals surface area contributed by atoms with Gasteiger partial charge in [0.15, 0.2) is 0 Å². The van der Waals surface area contributed by atoms with Crippen molar-refractivity contribution in [3.63, 3.8) is 0 Å². The third kappa shape index (κ3) is 3.66. The number of fused-ring (bicyclic) bond motifs is 1. The Hall–Kier alpha value is -2.18. The van der Waals surface area contributed by atoms with E-state index in [2.05, 4.69) is 10.2 Å². The van der Waals surface area contributed by atoms with Gasteiger partial charge >= 0.3 is 0 Å². The summed E-state index contributed by atoms with van der Waals surface area (Å²) in [5.74, 6) is -0.294. The number of hydrogen-bond donors (Lipinski definition) is 1. The fraction of sp³-hybridized carbons (Fsp3) is 0.350. The zero-order valence-corrected chi connectivity index (χ0v) is 15.4. The van der Waals surface area contributed by atoms with Crippen LogP contribution in [-0.2, 0) is 6.54 Å². The number of nitrogens with zero attached hydrogens (tertiary/aromatic N) is 2. The quantitative estimate of drug-likeness (QED) is 0.717. The summed E-state index contributed by atoms with van der Waals surface area (Å²) in [6.45, 7) is 4.38. The lowest BCUT2D eigenvalue weighted by molar-refractivity contribution is 0.0941. The van der Waals surface area contributed by atoms with Crippen LogP contribution >= 0.6 is 11.3 Å². The topological polar surface area (TPSA) is 37.3 Å². The van der Waals surface area contributed by atoms with Crippen LogP contribution in [0.15, 0.2) is 41.8 Å². The highest BCUT2D eigenvalue weighted by molar-refractivity contribution is 7.16. The minimum atomic E-state index is -0.248. The summed E-state index contributed by atoms with van der Waals surface area (Å²) < 4.78 is 15.2. The van der Waals surface area contributed by atoms with Crippen molar-refractivity contribution >= 4 is 27.5 Å². The van der Waals surface area contributed by atoms with Crippen LogP contribution in [0.5, 0.6) is 0 Å². The molecular weight excluding hydrogens is 349 g/mol. The second-order valence-electron chi connectivity index (χ2n) is 6.73. The monoisotopic (exact) mass is 371 g/mol. The molecule has 1 aromatic carbocycles. The molecule has 1 saturated heterocycles. The first-order valence-electron chi connectivity index (χ1n) is 9.02. The highest BCUT2D eigenvalue weighted by Crippen LogP contribution is 2.26. The average molecular weight is 371 g/mol. The molecular formula is C20H22FN3OS. The van der Waals surface area contributed by atoms with E-state index in [9.17, 15) is 9.18 Å². The van der Waals surface area contributed by atoms with Crippen molar-refractivity contribution in [2.45, 2.75) is 19.4 Å². The van der Waals surface area contributed by atoms with Crippen LogP contribution in [0.25, 0.3) is 10.2 Å². The van der Waals surface area contributed by atoms with Gasteiger partial charge < -0.3 is 14.8 Å². The van der Waals surface area contributed by atoms with E-state index >= 15 is 0 Å². The Labute approximate surface area is 156 Å². The number of aromatic nitrogens is 1. The molecule has 3 aromatic rings. The van der Waals surface area contributed by atoms with Crippen molar-refractivity contribution < 1.29 is 9.18 Å². The van der Waals surface area contributed by atoms with Gasteiger partial charge in [-0.05, 0) is 61.1 Å². The number of nitrogens with one attached hydrogen (secondary N) is 1. The molecule has 1 aliphatic heterocycles. The number of halogens is 1. The molecule has 26 heavy (non-hydrogen) atoms.